The Morgan fingerprint density at radius 1 is 1.73 bits per heavy atom. The van der Waals surface area contributed by atoms with Gasteiger partial charge in [0.2, 0.25) is 0 Å². The van der Waals surface area contributed by atoms with Gasteiger partial charge in [-0.2, -0.15) is 0 Å². The van der Waals surface area contributed by atoms with Crippen LogP contribution in [0.5, 0.6) is 0 Å². The maximum absolute atomic E-state index is 9.73. The summed E-state index contributed by atoms with van der Waals surface area (Å²) in [7, 11) is 0. The summed E-state index contributed by atoms with van der Waals surface area (Å²) in [6.45, 7) is 3.70. The molecule has 15 heavy (non-hydrogen) atoms. The SMILES string of the molecule is CC(N)CC(=O)O.Cc1snnc1CI. The number of carboxylic acids is 1. The number of carbonyl (C=O) groups is 1. The monoisotopic (exact) mass is 343 g/mol. The highest BCUT2D eigenvalue weighted by molar-refractivity contribution is 14.1. The van der Waals surface area contributed by atoms with Gasteiger partial charge in [-0.05, 0) is 25.4 Å². The summed E-state index contributed by atoms with van der Waals surface area (Å²) in [5, 5.41) is 11.9. The van der Waals surface area contributed by atoms with E-state index in [2.05, 4.69) is 32.2 Å². The largest absolute Gasteiger partial charge is 0.481 e. The predicted molar refractivity (Wildman–Crippen MR) is 68.3 cm³/mol. The van der Waals surface area contributed by atoms with Gasteiger partial charge in [0, 0.05) is 15.3 Å². The van der Waals surface area contributed by atoms with Crippen LogP contribution in [0.25, 0.3) is 0 Å². The van der Waals surface area contributed by atoms with Crippen LogP contribution in [-0.4, -0.2) is 26.7 Å². The normalized spacial score (nSPS) is 11.5. The first-order valence-corrected chi connectivity index (χ1v) is 6.58. The zero-order valence-electron chi connectivity index (χ0n) is 8.61. The number of nitrogens with zero attached hydrogens (tertiary/aromatic N) is 2. The van der Waals surface area contributed by atoms with E-state index in [1.54, 1.807) is 6.92 Å². The smallest absolute Gasteiger partial charge is 0.304 e. The highest BCUT2D eigenvalue weighted by Gasteiger charge is 1.98. The van der Waals surface area contributed by atoms with E-state index in [0.717, 1.165) is 10.1 Å². The fourth-order valence-electron chi connectivity index (χ4n) is 0.650. The van der Waals surface area contributed by atoms with E-state index in [0.29, 0.717) is 0 Å². The molecule has 0 aromatic carbocycles. The van der Waals surface area contributed by atoms with Crippen molar-refractivity contribution in [1.29, 1.82) is 0 Å². The van der Waals surface area contributed by atoms with Crippen LogP contribution in [0.2, 0.25) is 0 Å². The van der Waals surface area contributed by atoms with Crippen molar-refractivity contribution in [3.63, 3.8) is 0 Å². The van der Waals surface area contributed by atoms with E-state index >= 15 is 0 Å². The summed E-state index contributed by atoms with van der Waals surface area (Å²) in [5.41, 5.74) is 6.23. The predicted octanol–water partition coefficient (Wildman–Crippen LogP) is 1.59. The third-order valence-electron chi connectivity index (χ3n) is 1.37. The highest BCUT2D eigenvalue weighted by Crippen LogP contribution is 2.10. The summed E-state index contributed by atoms with van der Waals surface area (Å²) in [6, 6.07) is -0.225. The molecule has 0 saturated heterocycles. The molecule has 3 N–H and O–H groups in total. The first-order valence-electron chi connectivity index (χ1n) is 4.28. The number of alkyl halides is 1. The Bertz CT molecular complexity index is 304. The molecule has 86 valence electrons. The van der Waals surface area contributed by atoms with Gasteiger partial charge < -0.3 is 10.8 Å². The number of hydrogen-bond donors (Lipinski definition) is 2. The Hall–Kier alpha value is -0.280. The second kappa shape index (κ2) is 7.94. The van der Waals surface area contributed by atoms with Crippen LogP contribution in [0.1, 0.15) is 23.9 Å². The van der Waals surface area contributed by atoms with E-state index < -0.39 is 5.97 Å². The van der Waals surface area contributed by atoms with Gasteiger partial charge in [-0.3, -0.25) is 4.79 Å². The Kier molecular flexibility index (Phi) is 7.79. The van der Waals surface area contributed by atoms with Gasteiger partial charge in [0.15, 0.2) is 0 Å². The van der Waals surface area contributed by atoms with Crippen molar-refractivity contribution in [2.75, 3.05) is 0 Å². The van der Waals surface area contributed by atoms with Crippen molar-refractivity contribution in [2.24, 2.45) is 5.73 Å². The van der Waals surface area contributed by atoms with Crippen molar-refractivity contribution < 1.29 is 9.90 Å². The lowest BCUT2D eigenvalue weighted by Gasteiger charge is -1.95. The summed E-state index contributed by atoms with van der Waals surface area (Å²) >= 11 is 3.74. The van der Waals surface area contributed by atoms with Gasteiger partial charge in [-0.1, -0.05) is 27.1 Å². The summed E-state index contributed by atoms with van der Waals surface area (Å²) in [4.78, 5) is 11.0. The Labute approximate surface area is 106 Å². The lowest BCUT2D eigenvalue weighted by Crippen LogP contribution is -2.18. The second-order valence-electron chi connectivity index (χ2n) is 2.98. The molecular weight excluding hydrogens is 329 g/mol. The molecule has 0 aliphatic rings. The molecule has 0 radical (unpaired) electrons. The molecule has 1 atom stereocenters. The zero-order valence-corrected chi connectivity index (χ0v) is 11.6. The number of nitrogens with two attached hydrogens (primary N) is 1. The second-order valence-corrected chi connectivity index (χ2v) is 4.71. The molecule has 7 heteroatoms. The standard InChI is InChI=1S/C4H5IN2S.C4H9NO2/c1-3-4(2-5)6-7-8-3;1-3(5)2-4(6)7/h2H2,1H3;3H,2,5H2,1H3,(H,6,7). The third kappa shape index (κ3) is 7.63. The summed E-state index contributed by atoms with van der Waals surface area (Å²) in [6.07, 6.45) is 0.0556. The van der Waals surface area contributed by atoms with Gasteiger partial charge >= 0.3 is 5.97 Å². The van der Waals surface area contributed by atoms with Crippen LogP contribution < -0.4 is 5.73 Å². The lowest BCUT2D eigenvalue weighted by atomic mass is 10.3. The number of aliphatic carboxylic acids is 1. The topological polar surface area (TPSA) is 89.1 Å². The molecule has 1 heterocycles. The number of aryl methyl sites for hydroxylation is 1. The molecule has 0 amide bonds. The van der Waals surface area contributed by atoms with Crippen molar-refractivity contribution in [3.8, 4) is 0 Å². The fourth-order valence-corrected chi connectivity index (χ4v) is 2.11. The highest BCUT2D eigenvalue weighted by atomic mass is 127. The van der Waals surface area contributed by atoms with E-state index in [4.69, 9.17) is 10.8 Å². The Morgan fingerprint density at radius 2 is 2.33 bits per heavy atom. The first kappa shape index (κ1) is 14.7. The summed E-state index contributed by atoms with van der Waals surface area (Å²) < 4.78 is 4.75. The minimum Gasteiger partial charge on any atom is -0.481 e. The maximum Gasteiger partial charge on any atom is 0.304 e. The van der Waals surface area contributed by atoms with Gasteiger partial charge in [0.1, 0.15) is 0 Å². The summed E-state index contributed by atoms with van der Waals surface area (Å²) in [5.74, 6) is -0.838. The number of halogens is 1. The van der Waals surface area contributed by atoms with E-state index in [1.165, 1.54) is 16.4 Å². The van der Waals surface area contributed by atoms with E-state index in [1.807, 2.05) is 6.92 Å². The molecule has 1 rings (SSSR count). The third-order valence-corrected chi connectivity index (χ3v) is 2.76. The van der Waals surface area contributed by atoms with Crippen molar-refractivity contribution in [3.05, 3.63) is 10.6 Å². The van der Waals surface area contributed by atoms with Crippen LogP contribution >= 0.6 is 34.1 Å². The van der Waals surface area contributed by atoms with Crippen molar-refractivity contribution in [1.82, 2.24) is 9.59 Å². The molecule has 1 unspecified atom stereocenters. The van der Waals surface area contributed by atoms with Crippen LogP contribution in [0.15, 0.2) is 0 Å². The Morgan fingerprint density at radius 3 is 2.47 bits per heavy atom. The van der Waals surface area contributed by atoms with Crippen LogP contribution in [0.3, 0.4) is 0 Å². The average Bonchev–Trinajstić information content (AvgIpc) is 2.49. The molecule has 5 nitrogen and oxygen atoms in total. The zero-order chi connectivity index (χ0) is 11.8. The van der Waals surface area contributed by atoms with Crippen molar-refractivity contribution >= 4 is 40.1 Å². The number of hydrogen-bond acceptors (Lipinski definition) is 5. The molecular formula is C8H14IN3O2S. The number of carboxylic acid groups (broad SMARTS) is 1. The Balaban J connectivity index is 0.000000265. The quantitative estimate of drug-likeness (QED) is 0.643. The number of aromatic nitrogens is 2. The van der Waals surface area contributed by atoms with Gasteiger partial charge in [-0.25, -0.2) is 0 Å². The van der Waals surface area contributed by atoms with Crippen LogP contribution in [-0.2, 0) is 9.22 Å². The van der Waals surface area contributed by atoms with Gasteiger partial charge in [0.25, 0.3) is 0 Å². The fraction of sp³-hybridized carbons (Fsp3) is 0.625. The number of rotatable bonds is 3. The molecule has 1 aromatic heterocycles. The molecule has 1 aromatic rings. The molecule has 0 bridgehead atoms. The van der Waals surface area contributed by atoms with E-state index in [-0.39, 0.29) is 12.5 Å². The van der Waals surface area contributed by atoms with Crippen LogP contribution in [0, 0.1) is 6.92 Å². The van der Waals surface area contributed by atoms with Gasteiger partial charge in [0.05, 0.1) is 12.1 Å². The molecule has 0 spiro atoms. The minimum atomic E-state index is -0.838. The molecule has 0 aliphatic heterocycles. The van der Waals surface area contributed by atoms with Crippen molar-refractivity contribution in [2.45, 2.75) is 30.7 Å². The first-order chi connectivity index (χ1) is 6.97. The average molecular weight is 343 g/mol. The molecule has 0 aliphatic carbocycles. The lowest BCUT2D eigenvalue weighted by molar-refractivity contribution is -0.137. The van der Waals surface area contributed by atoms with Crippen LogP contribution in [0.4, 0.5) is 0 Å². The van der Waals surface area contributed by atoms with Gasteiger partial charge in [-0.15, -0.1) is 5.10 Å². The molecule has 0 fully saturated rings. The molecule has 0 saturated carbocycles. The maximum atomic E-state index is 9.73. The van der Waals surface area contributed by atoms with E-state index in [9.17, 15) is 4.79 Å². The minimum absolute atomic E-state index is 0.0556.